The van der Waals surface area contributed by atoms with Gasteiger partial charge in [0.1, 0.15) is 0 Å². The van der Waals surface area contributed by atoms with Crippen molar-refractivity contribution in [2.75, 3.05) is 0 Å². The van der Waals surface area contributed by atoms with Crippen LogP contribution in [0.3, 0.4) is 0 Å². The molecule has 0 bridgehead atoms. The third-order valence-electron chi connectivity index (χ3n) is 12.6. The first-order valence-corrected chi connectivity index (χ1v) is 20.7. The summed E-state index contributed by atoms with van der Waals surface area (Å²) in [5, 5.41) is 9.11. The highest BCUT2D eigenvalue weighted by Gasteiger charge is 2.31. The Labute approximate surface area is 332 Å². The molecule has 0 saturated heterocycles. The summed E-state index contributed by atoms with van der Waals surface area (Å²) in [6.45, 7) is 0. The normalized spacial score (nSPS) is 14.4. The number of fused-ring (bicyclic) bond motifs is 15. The second-order valence-electron chi connectivity index (χ2n) is 15.6. The Morgan fingerprint density at radius 3 is 2.19 bits per heavy atom. The molecule has 57 heavy (non-hydrogen) atoms. The van der Waals surface area contributed by atoms with Crippen molar-refractivity contribution in [1.82, 2.24) is 14.4 Å². The van der Waals surface area contributed by atoms with Crippen LogP contribution in [-0.4, -0.2) is 14.4 Å². The number of aromatic nitrogens is 3. The van der Waals surface area contributed by atoms with Gasteiger partial charge in [0, 0.05) is 54.1 Å². The van der Waals surface area contributed by atoms with E-state index in [1.54, 1.807) is 11.3 Å². The minimum Gasteiger partial charge on any atom is -0.307 e. The van der Waals surface area contributed by atoms with E-state index in [-0.39, 0.29) is 5.92 Å². The number of rotatable bonds is 3. The van der Waals surface area contributed by atoms with Crippen LogP contribution in [0, 0.1) is 0 Å². The van der Waals surface area contributed by atoms with Crippen LogP contribution in [0.2, 0.25) is 0 Å². The summed E-state index contributed by atoms with van der Waals surface area (Å²) in [6, 6.07) is 62.6. The van der Waals surface area contributed by atoms with Crippen molar-refractivity contribution in [2.45, 2.75) is 18.8 Å². The van der Waals surface area contributed by atoms with Crippen molar-refractivity contribution < 1.29 is 0 Å². The summed E-state index contributed by atoms with van der Waals surface area (Å²) in [7, 11) is 0. The molecule has 12 aromatic rings. The van der Waals surface area contributed by atoms with Crippen molar-refractivity contribution >= 4 is 80.5 Å². The quantitative estimate of drug-likeness (QED) is 0.180. The van der Waals surface area contributed by atoms with E-state index in [9.17, 15) is 0 Å². The summed E-state index contributed by atoms with van der Waals surface area (Å²) >= 11 is 1.79. The van der Waals surface area contributed by atoms with Gasteiger partial charge in [-0.05, 0) is 64.2 Å². The molecular weight excluding hydrogens is 711 g/mol. The topological polar surface area (TPSA) is 30.2 Å². The standard InChI is InChI=1S/C53H33N3S/c1-2-14-35(15-3-1)53-54-48(52-49(55-53)40-19-9-11-21-45(40)57-52)34-24-22-33(23-25-34)37-28-26-31-12-4-6-16-36(31)42-30-43-39-18-8-10-20-44(39)56-50-38-17-7-5-13-32(38)27-29-41(50)47(46(37)42)51(43)56/h1-25,27,29-30,37H,26,28H2. The molecule has 1 aliphatic rings. The zero-order valence-corrected chi connectivity index (χ0v) is 31.7. The second kappa shape index (κ2) is 11.8. The number of hydrogen-bond acceptors (Lipinski definition) is 3. The fourth-order valence-corrected chi connectivity index (χ4v) is 11.2. The molecule has 8 aromatic carbocycles. The van der Waals surface area contributed by atoms with Gasteiger partial charge in [0.15, 0.2) is 5.82 Å². The van der Waals surface area contributed by atoms with E-state index in [1.165, 1.54) is 86.8 Å². The summed E-state index contributed by atoms with van der Waals surface area (Å²) in [4.78, 5) is 10.5. The van der Waals surface area contributed by atoms with Gasteiger partial charge in [0.25, 0.3) is 0 Å². The van der Waals surface area contributed by atoms with Crippen LogP contribution in [-0.2, 0) is 6.42 Å². The second-order valence-corrected chi connectivity index (χ2v) is 16.6. The van der Waals surface area contributed by atoms with Crippen molar-refractivity contribution in [1.29, 1.82) is 0 Å². The predicted molar refractivity (Wildman–Crippen MR) is 240 cm³/mol. The molecule has 13 rings (SSSR count). The SMILES string of the molecule is c1ccc(-c2nc(-c3ccc(C4CCc5ccccc5-c5cc6c7ccccc7n7c8c9ccccc9ccc8c(c54)c67)cc3)c3sc4ccccc4c3n2)cc1. The van der Waals surface area contributed by atoms with Crippen LogP contribution >= 0.6 is 11.3 Å². The summed E-state index contributed by atoms with van der Waals surface area (Å²) in [5.41, 5.74) is 15.0. The molecule has 0 amide bonds. The van der Waals surface area contributed by atoms with Gasteiger partial charge in [-0.25, -0.2) is 9.97 Å². The lowest BCUT2D eigenvalue weighted by Gasteiger charge is -2.21. The van der Waals surface area contributed by atoms with E-state index in [2.05, 4.69) is 168 Å². The van der Waals surface area contributed by atoms with Crippen LogP contribution in [0.4, 0.5) is 0 Å². The number of benzene rings is 8. The third kappa shape index (κ3) is 4.42. The number of nitrogens with zero attached hydrogens (tertiary/aromatic N) is 3. The molecule has 1 aliphatic carbocycles. The molecule has 266 valence electrons. The van der Waals surface area contributed by atoms with Gasteiger partial charge in [-0.15, -0.1) is 11.3 Å². The first-order valence-electron chi connectivity index (χ1n) is 19.8. The van der Waals surface area contributed by atoms with Gasteiger partial charge in [0.2, 0.25) is 0 Å². The Morgan fingerprint density at radius 1 is 0.544 bits per heavy atom. The summed E-state index contributed by atoms with van der Waals surface area (Å²) < 4.78 is 4.94. The highest BCUT2D eigenvalue weighted by atomic mass is 32.1. The smallest absolute Gasteiger partial charge is 0.160 e. The number of thiophene rings is 1. The van der Waals surface area contributed by atoms with E-state index < -0.39 is 0 Å². The van der Waals surface area contributed by atoms with E-state index in [4.69, 9.17) is 9.97 Å². The largest absolute Gasteiger partial charge is 0.307 e. The minimum absolute atomic E-state index is 0.194. The lowest BCUT2D eigenvalue weighted by Crippen LogP contribution is -2.03. The molecule has 4 heterocycles. The molecule has 4 aromatic heterocycles. The minimum atomic E-state index is 0.194. The molecule has 1 atom stereocenters. The van der Waals surface area contributed by atoms with Gasteiger partial charge < -0.3 is 4.40 Å². The number of aryl methyl sites for hydroxylation is 1. The zero-order valence-electron chi connectivity index (χ0n) is 30.9. The molecule has 0 fully saturated rings. The monoisotopic (exact) mass is 743 g/mol. The Morgan fingerprint density at radius 2 is 1.30 bits per heavy atom. The van der Waals surface area contributed by atoms with Crippen molar-refractivity contribution in [3.05, 3.63) is 187 Å². The molecule has 0 aliphatic heterocycles. The van der Waals surface area contributed by atoms with Gasteiger partial charge in [0.05, 0.1) is 32.5 Å². The first-order chi connectivity index (χ1) is 28.3. The average Bonchev–Trinajstić information content (AvgIpc) is 3.90. The Bertz CT molecular complexity index is 3580. The van der Waals surface area contributed by atoms with Crippen molar-refractivity contribution in [2.24, 2.45) is 0 Å². The van der Waals surface area contributed by atoms with Crippen LogP contribution in [0.5, 0.6) is 0 Å². The highest BCUT2D eigenvalue weighted by Crippen LogP contribution is 2.52. The highest BCUT2D eigenvalue weighted by molar-refractivity contribution is 7.26. The van der Waals surface area contributed by atoms with Crippen LogP contribution < -0.4 is 0 Å². The lowest BCUT2D eigenvalue weighted by atomic mass is 9.82. The number of hydrogen-bond donors (Lipinski definition) is 0. The van der Waals surface area contributed by atoms with Gasteiger partial charge in [-0.1, -0.05) is 152 Å². The summed E-state index contributed by atoms with van der Waals surface area (Å²) in [5.74, 6) is 0.953. The Hall–Kier alpha value is -6.88. The molecule has 0 spiro atoms. The van der Waals surface area contributed by atoms with Gasteiger partial charge in [-0.3, -0.25) is 0 Å². The molecule has 0 N–H and O–H groups in total. The summed E-state index contributed by atoms with van der Waals surface area (Å²) in [6.07, 6.45) is 2.04. The van der Waals surface area contributed by atoms with Crippen LogP contribution in [0.1, 0.15) is 29.0 Å². The maximum Gasteiger partial charge on any atom is 0.160 e. The lowest BCUT2D eigenvalue weighted by molar-refractivity contribution is 0.730. The fourth-order valence-electron chi connectivity index (χ4n) is 10.1. The molecule has 4 heteroatoms. The van der Waals surface area contributed by atoms with Crippen molar-refractivity contribution in [3.63, 3.8) is 0 Å². The average molecular weight is 744 g/mol. The maximum atomic E-state index is 5.29. The fraction of sp³-hybridized carbons (Fsp3) is 0.0566. The van der Waals surface area contributed by atoms with E-state index in [0.29, 0.717) is 0 Å². The third-order valence-corrected chi connectivity index (χ3v) is 13.8. The molecule has 1 unspecified atom stereocenters. The van der Waals surface area contributed by atoms with E-state index >= 15 is 0 Å². The number of para-hydroxylation sites is 1. The molecule has 3 nitrogen and oxygen atoms in total. The predicted octanol–water partition coefficient (Wildman–Crippen LogP) is 14.2. The van der Waals surface area contributed by atoms with E-state index in [1.807, 2.05) is 6.07 Å². The van der Waals surface area contributed by atoms with Gasteiger partial charge >= 0.3 is 0 Å². The van der Waals surface area contributed by atoms with Gasteiger partial charge in [-0.2, -0.15) is 0 Å². The molecular formula is C53H33N3S. The zero-order chi connectivity index (χ0) is 37.2. The Kier molecular flexibility index (Phi) is 6.50. The first kappa shape index (κ1) is 31.3. The van der Waals surface area contributed by atoms with Crippen molar-refractivity contribution in [3.8, 4) is 33.8 Å². The van der Waals surface area contributed by atoms with Crippen LogP contribution in [0.25, 0.3) is 103 Å². The van der Waals surface area contributed by atoms with E-state index in [0.717, 1.165) is 45.7 Å². The molecule has 0 radical (unpaired) electrons. The maximum absolute atomic E-state index is 5.29. The molecule has 0 saturated carbocycles. The van der Waals surface area contributed by atoms with Crippen LogP contribution in [0.15, 0.2) is 170 Å². The Balaban J connectivity index is 1.07.